The highest BCUT2D eigenvalue weighted by Gasteiger charge is 2.25. The van der Waals surface area contributed by atoms with Crippen LogP contribution in [0.4, 0.5) is 0 Å². The number of ether oxygens (including phenoxy) is 1. The molecule has 5 aromatic rings. The van der Waals surface area contributed by atoms with Crippen molar-refractivity contribution in [3.8, 4) is 11.6 Å². The van der Waals surface area contributed by atoms with Gasteiger partial charge in [-0.05, 0) is 82.1 Å². The summed E-state index contributed by atoms with van der Waals surface area (Å²) < 4.78 is 13.1. The topological polar surface area (TPSA) is 132 Å². The number of nitrogens with one attached hydrogen (secondary N) is 2. The zero-order valence-corrected chi connectivity index (χ0v) is 20.8. The molecule has 10 heteroatoms. The van der Waals surface area contributed by atoms with Gasteiger partial charge in [0.05, 0.1) is 11.0 Å². The Bertz CT molecular complexity index is 1700. The maximum Gasteiger partial charge on any atom is 0.417 e. The first-order valence-electron chi connectivity index (χ1n) is 12.6. The van der Waals surface area contributed by atoms with Crippen molar-refractivity contribution in [2.24, 2.45) is 5.92 Å². The molecule has 4 heterocycles. The molecule has 4 aromatic heterocycles. The summed E-state index contributed by atoms with van der Waals surface area (Å²) in [7, 11) is 0. The van der Waals surface area contributed by atoms with Gasteiger partial charge in [-0.15, -0.1) is 0 Å². The molecular weight excluding hydrogens is 472 g/mol. The Labute approximate surface area is 211 Å². The number of imidazole rings is 1. The van der Waals surface area contributed by atoms with Crippen LogP contribution in [0.1, 0.15) is 55.2 Å². The first-order valence-corrected chi connectivity index (χ1v) is 12.6. The van der Waals surface area contributed by atoms with Crippen LogP contribution in [0.5, 0.6) is 11.6 Å². The van der Waals surface area contributed by atoms with Gasteiger partial charge in [-0.2, -0.15) is 4.98 Å². The third-order valence-electron chi connectivity index (χ3n) is 7.27. The number of aromatic nitrogens is 6. The van der Waals surface area contributed by atoms with Crippen molar-refractivity contribution in [2.45, 2.75) is 58.4 Å². The predicted octanol–water partition coefficient (Wildman–Crippen LogP) is 4.72. The molecular formula is C27H28N6O4. The molecule has 190 valence electrons. The molecule has 0 atom stereocenters. The SMILES string of the molecule is Cc1nc(CCC2CCC(n3c(=O)[nH]c4ncccc43)CC2)cc(Oc2cc(C)c3[nH]c(=O)oc3c2)n1. The van der Waals surface area contributed by atoms with Crippen LogP contribution in [0, 0.1) is 19.8 Å². The Morgan fingerprint density at radius 1 is 1.08 bits per heavy atom. The van der Waals surface area contributed by atoms with E-state index >= 15 is 0 Å². The van der Waals surface area contributed by atoms with E-state index < -0.39 is 5.76 Å². The number of fused-ring (bicyclic) bond motifs is 2. The highest BCUT2D eigenvalue weighted by molar-refractivity contribution is 5.78. The summed E-state index contributed by atoms with van der Waals surface area (Å²) in [6.07, 6.45) is 7.63. The number of oxazole rings is 1. The van der Waals surface area contributed by atoms with Crippen molar-refractivity contribution in [2.75, 3.05) is 0 Å². The van der Waals surface area contributed by atoms with E-state index in [0.717, 1.165) is 55.3 Å². The first-order chi connectivity index (χ1) is 17.9. The van der Waals surface area contributed by atoms with Crippen LogP contribution in [0.3, 0.4) is 0 Å². The van der Waals surface area contributed by atoms with Gasteiger partial charge in [-0.3, -0.25) is 14.5 Å². The van der Waals surface area contributed by atoms with Crippen molar-refractivity contribution in [3.63, 3.8) is 0 Å². The summed E-state index contributed by atoms with van der Waals surface area (Å²) in [6.45, 7) is 3.74. The number of aromatic amines is 2. The average molecular weight is 501 g/mol. The zero-order chi connectivity index (χ0) is 25.5. The molecule has 0 saturated heterocycles. The standard InChI is InChI=1S/C27H28N6O4/c1-15-12-20(14-22-24(15)31-27(35)37-22)36-23-13-18(29-16(2)30-23)8-5-17-6-9-19(10-7-17)33-21-4-3-11-28-25(21)32-26(33)34/h3-4,11-14,17,19H,5-10H2,1-2H3,(H,31,35)(H,28,32,34). The molecule has 1 aliphatic carbocycles. The van der Waals surface area contributed by atoms with Crippen LogP contribution in [0.15, 0.2) is 50.5 Å². The van der Waals surface area contributed by atoms with Crippen molar-refractivity contribution >= 4 is 22.3 Å². The minimum atomic E-state index is -0.491. The first kappa shape index (κ1) is 23.2. The number of benzene rings is 1. The molecule has 0 unspecified atom stereocenters. The van der Waals surface area contributed by atoms with Gasteiger partial charge in [0.15, 0.2) is 11.2 Å². The second-order valence-corrected chi connectivity index (χ2v) is 9.86. The lowest BCUT2D eigenvalue weighted by Gasteiger charge is -2.29. The molecule has 0 amide bonds. The Balaban J connectivity index is 1.10. The fourth-order valence-corrected chi connectivity index (χ4v) is 5.52. The molecule has 0 spiro atoms. The van der Waals surface area contributed by atoms with Gasteiger partial charge in [0, 0.05) is 30.1 Å². The minimum Gasteiger partial charge on any atom is -0.439 e. The van der Waals surface area contributed by atoms with E-state index in [-0.39, 0.29) is 11.7 Å². The van der Waals surface area contributed by atoms with E-state index in [4.69, 9.17) is 9.15 Å². The van der Waals surface area contributed by atoms with E-state index in [2.05, 4.69) is 24.9 Å². The number of H-pyrrole nitrogens is 2. The number of rotatable bonds is 6. The Morgan fingerprint density at radius 3 is 2.76 bits per heavy atom. The highest BCUT2D eigenvalue weighted by atomic mass is 16.5. The van der Waals surface area contributed by atoms with Crippen LogP contribution >= 0.6 is 0 Å². The van der Waals surface area contributed by atoms with E-state index in [0.29, 0.717) is 40.1 Å². The van der Waals surface area contributed by atoms with Crippen LogP contribution in [-0.4, -0.2) is 29.5 Å². The summed E-state index contributed by atoms with van der Waals surface area (Å²) in [5, 5.41) is 0. The molecule has 1 saturated carbocycles. The summed E-state index contributed by atoms with van der Waals surface area (Å²) in [5.74, 6) is 1.76. The molecule has 1 aliphatic rings. The number of pyridine rings is 1. The van der Waals surface area contributed by atoms with Crippen LogP contribution < -0.4 is 16.2 Å². The third-order valence-corrected chi connectivity index (χ3v) is 7.27. The predicted molar refractivity (Wildman–Crippen MR) is 138 cm³/mol. The van der Waals surface area contributed by atoms with Crippen molar-refractivity contribution in [3.05, 3.63) is 74.6 Å². The van der Waals surface area contributed by atoms with Gasteiger partial charge in [0.1, 0.15) is 11.6 Å². The zero-order valence-electron chi connectivity index (χ0n) is 20.8. The monoisotopic (exact) mass is 500 g/mol. The summed E-state index contributed by atoms with van der Waals surface area (Å²) in [6, 6.07) is 9.44. The lowest BCUT2D eigenvalue weighted by atomic mass is 9.83. The van der Waals surface area contributed by atoms with Crippen LogP contribution in [0.2, 0.25) is 0 Å². The van der Waals surface area contributed by atoms with E-state index in [1.165, 1.54) is 0 Å². The fourth-order valence-electron chi connectivity index (χ4n) is 5.52. The Hall–Kier alpha value is -4.21. The fraction of sp³-hybridized carbons (Fsp3) is 0.370. The third kappa shape index (κ3) is 4.66. The van der Waals surface area contributed by atoms with Gasteiger partial charge in [0.2, 0.25) is 5.88 Å². The number of aryl methyl sites for hydroxylation is 3. The average Bonchev–Trinajstić information content (AvgIpc) is 3.41. The molecule has 1 aromatic carbocycles. The molecule has 1 fully saturated rings. The van der Waals surface area contributed by atoms with Crippen molar-refractivity contribution in [1.29, 1.82) is 0 Å². The van der Waals surface area contributed by atoms with Gasteiger partial charge >= 0.3 is 11.4 Å². The van der Waals surface area contributed by atoms with E-state index in [9.17, 15) is 9.59 Å². The van der Waals surface area contributed by atoms with Crippen molar-refractivity contribution < 1.29 is 9.15 Å². The molecule has 0 bridgehead atoms. The number of hydrogen-bond acceptors (Lipinski definition) is 7. The van der Waals surface area contributed by atoms with Gasteiger partial charge in [-0.1, -0.05) is 0 Å². The van der Waals surface area contributed by atoms with Crippen LogP contribution in [0.25, 0.3) is 22.3 Å². The smallest absolute Gasteiger partial charge is 0.417 e. The summed E-state index contributed by atoms with van der Waals surface area (Å²) in [5.41, 5.74) is 4.37. The maximum absolute atomic E-state index is 12.5. The quantitative estimate of drug-likeness (QED) is 0.345. The Morgan fingerprint density at radius 2 is 1.92 bits per heavy atom. The maximum atomic E-state index is 12.5. The second-order valence-electron chi connectivity index (χ2n) is 9.86. The highest BCUT2D eigenvalue weighted by Crippen LogP contribution is 2.35. The van der Waals surface area contributed by atoms with Crippen molar-refractivity contribution in [1.82, 2.24) is 29.5 Å². The van der Waals surface area contributed by atoms with Gasteiger partial charge < -0.3 is 9.15 Å². The molecule has 0 aliphatic heterocycles. The Kier molecular flexibility index (Phi) is 5.86. The lowest BCUT2D eigenvalue weighted by molar-refractivity contribution is 0.264. The molecule has 37 heavy (non-hydrogen) atoms. The molecule has 0 radical (unpaired) electrons. The minimum absolute atomic E-state index is 0.0749. The van der Waals surface area contributed by atoms with Crippen LogP contribution in [-0.2, 0) is 6.42 Å². The van der Waals surface area contributed by atoms with E-state index in [1.807, 2.05) is 42.7 Å². The van der Waals surface area contributed by atoms with Gasteiger partial charge in [-0.25, -0.2) is 19.6 Å². The number of hydrogen-bond donors (Lipinski definition) is 2. The largest absolute Gasteiger partial charge is 0.439 e. The number of nitrogens with zero attached hydrogens (tertiary/aromatic N) is 4. The molecule has 10 nitrogen and oxygen atoms in total. The summed E-state index contributed by atoms with van der Waals surface area (Å²) >= 11 is 0. The molecule has 2 N–H and O–H groups in total. The van der Waals surface area contributed by atoms with E-state index in [1.54, 1.807) is 12.3 Å². The normalized spacial score (nSPS) is 18.0. The second kappa shape index (κ2) is 9.34. The molecule has 6 rings (SSSR count). The lowest BCUT2D eigenvalue weighted by Crippen LogP contribution is -2.26. The summed E-state index contributed by atoms with van der Waals surface area (Å²) in [4.78, 5) is 43.0. The van der Waals surface area contributed by atoms with Gasteiger partial charge in [0.25, 0.3) is 0 Å².